The van der Waals surface area contributed by atoms with Crippen LogP contribution in [0.4, 0.5) is 0 Å². The Labute approximate surface area is 111 Å². The van der Waals surface area contributed by atoms with Crippen molar-refractivity contribution in [3.05, 3.63) is 23.8 Å². The van der Waals surface area contributed by atoms with Gasteiger partial charge in [-0.05, 0) is 19.9 Å². The van der Waals surface area contributed by atoms with Crippen molar-refractivity contribution in [2.45, 2.75) is 30.5 Å². The number of hydrogen-bond donors (Lipinski definition) is 1. The summed E-state index contributed by atoms with van der Waals surface area (Å²) in [4.78, 5) is 10.2. The molecule has 2 unspecified atom stereocenters. The lowest BCUT2D eigenvalue weighted by Gasteiger charge is -2.50. The van der Waals surface area contributed by atoms with Crippen molar-refractivity contribution in [2.24, 2.45) is 0 Å². The average molecular weight is 260 g/mol. The first-order valence-electron chi connectivity index (χ1n) is 6.37. The maximum absolute atomic E-state index is 10.9. The predicted octanol–water partition coefficient (Wildman–Crippen LogP) is 0.0289. The molecule has 2 fully saturated rings. The fraction of sp³-hybridized carbons (Fsp3) is 0.615. The third-order valence-electron chi connectivity index (χ3n) is 4.21. The van der Waals surface area contributed by atoms with Crippen LogP contribution in [0, 0.1) is 11.3 Å². The van der Waals surface area contributed by atoms with Crippen LogP contribution in [0.15, 0.2) is 12.4 Å². The first-order valence-corrected chi connectivity index (χ1v) is 6.37. The average Bonchev–Trinajstić information content (AvgIpc) is 2.41. The molecule has 6 nitrogen and oxygen atoms in total. The summed E-state index contributed by atoms with van der Waals surface area (Å²) in [5.41, 5.74) is -0.226. The normalized spacial score (nSPS) is 34.8. The first-order chi connectivity index (χ1) is 9.12. The van der Waals surface area contributed by atoms with Crippen molar-refractivity contribution in [1.29, 1.82) is 5.26 Å². The monoisotopic (exact) mass is 260 g/mol. The maximum atomic E-state index is 10.9. The summed E-state index contributed by atoms with van der Waals surface area (Å²) in [5, 5.41) is 19.6. The molecular formula is C13H16N4O2. The fourth-order valence-electron chi connectivity index (χ4n) is 3.00. The van der Waals surface area contributed by atoms with Gasteiger partial charge in [-0.2, -0.15) is 5.26 Å². The van der Waals surface area contributed by atoms with Crippen molar-refractivity contribution < 1.29 is 9.84 Å². The van der Waals surface area contributed by atoms with Gasteiger partial charge in [-0.15, -0.1) is 0 Å². The van der Waals surface area contributed by atoms with Crippen molar-refractivity contribution in [3.8, 4) is 6.07 Å². The van der Waals surface area contributed by atoms with E-state index in [1.54, 1.807) is 12.4 Å². The number of morpholine rings is 1. The minimum atomic E-state index is -0.917. The molecular weight excluding hydrogens is 244 g/mol. The second kappa shape index (κ2) is 4.53. The van der Waals surface area contributed by atoms with E-state index in [1.807, 2.05) is 6.07 Å². The van der Waals surface area contributed by atoms with Crippen LogP contribution in [-0.4, -0.2) is 52.3 Å². The van der Waals surface area contributed by atoms with Gasteiger partial charge in [0.1, 0.15) is 6.07 Å². The number of hydrogen-bond acceptors (Lipinski definition) is 6. The van der Waals surface area contributed by atoms with E-state index in [9.17, 15) is 5.11 Å². The van der Waals surface area contributed by atoms with E-state index in [4.69, 9.17) is 10.00 Å². The number of nitrogens with zero attached hydrogens (tertiary/aromatic N) is 4. The van der Waals surface area contributed by atoms with Crippen LogP contribution in [0.3, 0.4) is 0 Å². The van der Waals surface area contributed by atoms with Gasteiger partial charge in [-0.3, -0.25) is 4.90 Å². The van der Waals surface area contributed by atoms with Crippen LogP contribution in [0.5, 0.6) is 0 Å². The molecule has 0 aromatic carbocycles. The molecule has 3 heterocycles. The molecule has 1 N–H and O–H groups in total. The van der Waals surface area contributed by atoms with E-state index in [0.29, 0.717) is 31.6 Å². The number of rotatable bonds is 1. The minimum absolute atomic E-state index is 0.129. The van der Waals surface area contributed by atoms with E-state index in [1.165, 1.54) is 0 Å². The van der Waals surface area contributed by atoms with Crippen LogP contribution in [0.25, 0.3) is 0 Å². The van der Waals surface area contributed by atoms with Crippen molar-refractivity contribution in [3.63, 3.8) is 0 Å². The zero-order valence-electron chi connectivity index (χ0n) is 10.8. The molecule has 2 aliphatic rings. The van der Waals surface area contributed by atoms with Gasteiger partial charge in [0, 0.05) is 30.0 Å². The third-order valence-corrected chi connectivity index (χ3v) is 4.21. The molecule has 0 radical (unpaired) electrons. The Balaban J connectivity index is 1.88. The molecule has 1 aromatic rings. The van der Waals surface area contributed by atoms with E-state index in [0.717, 1.165) is 0 Å². The van der Waals surface area contributed by atoms with Crippen molar-refractivity contribution in [2.75, 3.05) is 20.3 Å². The topological polar surface area (TPSA) is 82.3 Å². The molecule has 100 valence electrons. The molecule has 2 aliphatic heterocycles. The Morgan fingerprint density at radius 3 is 2.47 bits per heavy atom. The highest BCUT2D eigenvalue weighted by Gasteiger charge is 2.45. The second-order valence-electron chi connectivity index (χ2n) is 5.36. The highest BCUT2D eigenvalue weighted by atomic mass is 16.5. The van der Waals surface area contributed by atoms with E-state index in [2.05, 4.69) is 21.9 Å². The Kier molecular flexibility index (Phi) is 2.97. The maximum Gasteiger partial charge on any atom is 0.232 e. The Hall–Kier alpha value is -1.55. The number of aliphatic hydroxyl groups is 1. The molecule has 2 bridgehead atoms. The smallest absolute Gasteiger partial charge is 0.232 e. The molecule has 2 atom stereocenters. The lowest BCUT2D eigenvalue weighted by atomic mass is 9.78. The second-order valence-corrected chi connectivity index (χ2v) is 5.36. The highest BCUT2D eigenvalue weighted by Crippen LogP contribution is 2.39. The van der Waals surface area contributed by atoms with Gasteiger partial charge in [0.25, 0.3) is 0 Å². The molecule has 19 heavy (non-hydrogen) atoms. The zero-order valence-corrected chi connectivity index (χ0v) is 10.8. The zero-order chi connectivity index (χ0) is 13.5. The minimum Gasteiger partial charge on any atom is -0.385 e. The molecule has 0 amide bonds. The number of piperidine rings is 1. The Morgan fingerprint density at radius 1 is 1.37 bits per heavy atom. The van der Waals surface area contributed by atoms with Crippen molar-refractivity contribution >= 4 is 0 Å². The molecule has 2 saturated heterocycles. The van der Waals surface area contributed by atoms with Gasteiger partial charge in [0.15, 0.2) is 0 Å². The number of fused-ring (bicyclic) bond motifs is 2. The number of aromatic nitrogens is 2. The van der Waals surface area contributed by atoms with Crippen LogP contribution < -0.4 is 0 Å². The number of likely N-dealkylation sites (N-methyl/N-ethyl adjacent to an activating group) is 1. The first kappa shape index (κ1) is 12.5. The summed E-state index contributed by atoms with van der Waals surface area (Å²) in [7, 11) is 2.08. The van der Waals surface area contributed by atoms with Gasteiger partial charge >= 0.3 is 0 Å². The molecule has 6 heteroatoms. The molecule has 1 aromatic heterocycles. The molecule has 0 aliphatic carbocycles. The lowest BCUT2D eigenvalue weighted by Crippen LogP contribution is -2.59. The summed E-state index contributed by atoms with van der Waals surface area (Å²) in [6.07, 6.45) is 4.34. The van der Waals surface area contributed by atoms with Gasteiger partial charge in [-0.25, -0.2) is 9.97 Å². The molecule has 0 spiro atoms. The summed E-state index contributed by atoms with van der Waals surface area (Å²) in [5.74, 6) is 0.129. The summed E-state index contributed by atoms with van der Waals surface area (Å²) in [6.45, 7) is 1.29. The van der Waals surface area contributed by atoms with Gasteiger partial charge in [0.05, 0.1) is 18.8 Å². The SMILES string of the molecule is CN1C2COCC1CC(O)(c1cnc(C#N)nc1)C2. The summed E-state index contributed by atoms with van der Waals surface area (Å²) < 4.78 is 5.55. The van der Waals surface area contributed by atoms with Crippen LogP contribution >= 0.6 is 0 Å². The lowest BCUT2D eigenvalue weighted by molar-refractivity contribution is -0.138. The van der Waals surface area contributed by atoms with E-state index in [-0.39, 0.29) is 17.9 Å². The Bertz CT molecular complexity index is 496. The molecule has 3 rings (SSSR count). The van der Waals surface area contributed by atoms with Crippen LogP contribution in [-0.2, 0) is 10.3 Å². The number of ether oxygens (including phenoxy) is 1. The fourth-order valence-corrected chi connectivity index (χ4v) is 3.00. The molecule has 0 saturated carbocycles. The summed E-state index contributed by atoms with van der Waals surface area (Å²) >= 11 is 0. The van der Waals surface area contributed by atoms with Crippen LogP contribution in [0.2, 0.25) is 0 Å². The van der Waals surface area contributed by atoms with E-state index < -0.39 is 5.60 Å². The van der Waals surface area contributed by atoms with Gasteiger partial charge < -0.3 is 9.84 Å². The summed E-state index contributed by atoms with van der Waals surface area (Å²) in [6, 6.07) is 2.32. The Morgan fingerprint density at radius 2 is 1.95 bits per heavy atom. The van der Waals surface area contributed by atoms with Crippen molar-refractivity contribution in [1.82, 2.24) is 14.9 Å². The highest BCUT2D eigenvalue weighted by molar-refractivity contribution is 5.21. The quantitative estimate of drug-likeness (QED) is 0.767. The largest absolute Gasteiger partial charge is 0.385 e. The van der Waals surface area contributed by atoms with Crippen LogP contribution in [0.1, 0.15) is 24.2 Å². The third kappa shape index (κ3) is 2.10. The predicted molar refractivity (Wildman–Crippen MR) is 66.0 cm³/mol. The van der Waals surface area contributed by atoms with Gasteiger partial charge in [0.2, 0.25) is 5.82 Å². The number of nitriles is 1. The standard InChI is InChI=1S/C13H16N4O2/c1-17-10-2-13(18,3-11(17)8-19-7-10)9-5-15-12(4-14)16-6-9/h5-6,10-11,18H,2-3,7-8H2,1H3. The van der Waals surface area contributed by atoms with E-state index >= 15 is 0 Å². The van der Waals surface area contributed by atoms with Gasteiger partial charge in [-0.1, -0.05) is 0 Å².